The van der Waals surface area contributed by atoms with Gasteiger partial charge in [0.1, 0.15) is 12.8 Å². The van der Waals surface area contributed by atoms with Crippen molar-refractivity contribution >= 4 is 17.3 Å². The summed E-state index contributed by atoms with van der Waals surface area (Å²) >= 11 is 5.87. The summed E-state index contributed by atoms with van der Waals surface area (Å²) in [5.41, 5.74) is 2.89. The van der Waals surface area contributed by atoms with E-state index in [9.17, 15) is 0 Å². The molecule has 18 heavy (non-hydrogen) atoms. The van der Waals surface area contributed by atoms with Gasteiger partial charge in [-0.15, -0.1) is 0 Å². The molecule has 1 heterocycles. The minimum absolute atomic E-state index is 0.671. The van der Waals surface area contributed by atoms with Crippen molar-refractivity contribution < 1.29 is 4.84 Å². The quantitative estimate of drug-likeness (QED) is 0.628. The van der Waals surface area contributed by atoms with Gasteiger partial charge < -0.3 is 9.40 Å². The van der Waals surface area contributed by atoms with Gasteiger partial charge in [0.15, 0.2) is 0 Å². The Morgan fingerprint density at radius 2 is 2.11 bits per heavy atom. The van der Waals surface area contributed by atoms with Gasteiger partial charge in [-0.05, 0) is 17.7 Å². The van der Waals surface area contributed by atoms with Crippen LogP contribution >= 0.6 is 11.6 Å². The molecule has 0 saturated carbocycles. The SMILES string of the molecule is CO/N=C(\Cc1ccc(Cl)cc1)c1cncn1C. The molecule has 0 aliphatic rings. The van der Waals surface area contributed by atoms with Crippen LogP contribution in [0, 0.1) is 0 Å². The molecular weight excluding hydrogens is 250 g/mol. The Bertz CT molecular complexity index is 546. The highest BCUT2D eigenvalue weighted by atomic mass is 35.5. The molecule has 5 heteroatoms. The Morgan fingerprint density at radius 1 is 1.39 bits per heavy atom. The average Bonchev–Trinajstić information content (AvgIpc) is 2.78. The number of imidazole rings is 1. The molecule has 0 bridgehead atoms. The molecule has 0 saturated heterocycles. The van der Waals surface area contributed by atoms with E-state index in [2.05, 4.69) is 10.1 Å². The van der Waals surface area contributed by atoms with E-state index in [-0.39, 0.29) is 0 Å². The summed E-state index contributed by atoms with van der Waals surface area (Å²) in [6.45, 7) is 0. The van der Waals surface area contributed by atoms with Gasteiger partial charge in [-0.2, -0.15) is 0 Å². The van der Waals surface area contributed by atoms with Crippen LogP contribution in [0.1, 0.15) is 11.3 Å². The predicted octanol–water partition coefficient (Wildman–Crippen LogP) is 2.67. The van der Waals surface area contributed by atoms with Crippen molar-refractivity contribution in [1.82, 2.24) is 9.55 Å². The van der Waals surface area contributed by atoms with E-state index in [0.29, 0.717) is 6.42 Å². The lowest BCUT2D eigenvalue weighted by atomic mass is 10.1. The first-order valence-corrected chi connectivity index (χ1v) is 5.89. The van der Waals surface area contributed by atoms with Gasteiger partial charge >= 0.3 is 0 Å². The third kappa shape index (κ3) is 2.90. The lowest BCUT2D eigenvalue weighted by molar-refractivity contribution is 0.213. The van der Waals surface area contributed by atoms with Crippen LogP contribution in [0.4, 0.5) is 0 Å². The van der Waals surface area contributed by atoms with Crippen molar-refractivity contribution in [3.05, 3.63) is 53.1 Å². The second-order valence-electron chi connectivity index (χ2n) is 3.91. The van der Waals surface area contributed by atoms with E-state index in [1.54, 1.807) is 12.5 Å². The standard InChI is InChI=1S/C13H14ClN3O/c1-17-9-15-8-13(17)12(16-18-2)7-10-3-5-11(14)6-4-10/h3-6,8-9H,7H2,1-2H3/b16-12+. The second kappa shape index (κ2) is 5.69. The zero-order valence-electron chi connectivity index (χ0n) is 10.3. The highest BCUT2D eigenvalue weighted by Gasteiger charge is 2.10. The third-order valence-electron chi connectivity index (χ3n) is 2.60. The van der Waals surface area contributed by atoms with Crippen LogP contribution < -0.4 is 0 Å². The van der Waals surface area contributed by atoms with Crippen LogP contribution in [0.5, 0.6) is 0 Å². The zero-order chi connectivity index (χ0) is 13.0. The first kappa shape index (κ1) is 12.6. The number of oxime groups is 1. The van der Waals surface area contributed by atoms with Gasteiger partial charge in [0.05, 0.1) is 18.2 Å². The Kier molecular flexibility index (Phi) is 3.99. The van der Waals surface area contributed by atoms with Crippen LogP contribution in [0.2, 0.25) is 5.02 Å². The van der Waals surface area contributed by atoms with Crippen molar-refractivity contribution in [2.24, 2.45) is 12.2 Å². The third-order valence-corrected chi connectivity index (χ3v) is 2.85. The van der Waals surface area contributed by atoms with Gasteiger partial charge in [-0.25, -0.2) is 4.98 Å². The van der Waals surface area contributed by atoms with E-state index < -0.39 is 0 Å². The minimum atomic E-state index is 0.671. The highest BCUT2D eigenvalue weighted by Crippen LogP contribution is 2.12. The maximum atomic E-state index is 5.87. The summed E-state index contributed by atoms with van der Waals surface area (Å²) in [4.78, 5) is 8.99. The summed E-state index contributed by atoms with van der Waals surface area (Å²) in [6.07, 6.45) is 4.18. The number of hydrogen-bond donors (Lipinski definition) is 0. The summed E-state index contributed by atoms with van der Waals surface area (Å²) in [5, 5.41) is 4.79. The molecule has 1 aromatic carbocycles. The zero-order valence-corrected chi connectivity index (χ0v) is 11.1. The van der Waals surface area contributed by atoms with Gasteiger partial charge in [0.25, 0.3) is 0 Å². The van der Waals surface area contributed by atoms with Crippen molar-refractivity contribution in [3.8, 4) is 0 Å². The molecule has 4 nitrogen and oxygen atoms in total. The largest absolute Gasteiger partial charge is 0.399 e. The normalized spacial score (nSPS) is 11.6. The number of nitrogens with zero attached hydrogens (tertiary/aromatic N) is 3. The monoisotopic (exact) mass is 263 g/mol. The molecule has 0 amide bonds. The van der Waals surface area contributed by atoms with Gasteiger partial charge in [-0.3, -0.25) is 0 Å². The maximum Gasteiger partial charge on any atom is 0.109 e. The Labute approximate surface area is 111 Å². The molecule has 2 rings (SSSR count). The van der Waals surface area contributed by atoms with Gasteiger partial charge in [0, 0.05) is 18.5 Å². The second-order valence-corrected chi connectivity index (χ2v) is 4.35. The molecule has 94 valence electrons. The van der Waals surface area contributed by atoms with Crippen molar-refractivity contribution in [2.75, 3.05) is 7.11 Å². The molecule has 0 N–H and O–H groups in total. The van der Waals surface area contributed by atoms with Crippen LogP contribution in [0.15, 0.2) is 41.9 Å². The van der Waals surface area contributed by atoms with E-state index in [0.717, 1.165) is 22.0 Å². The summed E-state index contributed by atoms with van der Waals surface area (Å²) in [7, 11) is 3.47. The number of benzene rings is 1. The van der Waals surface area contributed by atoms with E-state index >= 15 is 0 Å². The molecule has 0 spiro atoms. The number of aromatic nitrogens is 2. The van der Waals surface area contributed by atoms with E-state index in [1.807, 2.05) is 35.9 Å². The summed E-state index contributed by atoms with van der Waals surface area (Å²) in [5.74, 6) is 0. The molecule has 0 atom stereocenters. The number of aryl methyl sites for hydroxylation is 1. The molecule has 0 fully saturated rings. The minimum Gasteiger partial charge on any atom is -0.399 e. The molecule has 0 unspecified atom stereocenters. The van der Waals surface area contributed by atoms with Crippen molar-refractivity contribution in [1.29, 1.82) is 0 Å². The smallest absolute Gasteiger partial charge is 0.109 e. The Balaban J connectivity index is 2.25. The summed E-state index contributed by atoms with van der Waals surface area (Å²) in [6, 6.07) is 7.68. The average molecular weight is 264 g/mol. The predicted molar refractivity (Wildman–Crippen MR) is 71.9 cm³/mol. The van der Waals surface area contributed by atoms with E-state index in [1.165, 1.54) is 7.11 Å². The molecule has 0 aliphatic carbocycles. The molecule has 0 radical (unpaired) electrons. The summed E-state index contributed by atoms with van der Waals surface area (Å²) < 4.78 is 1.91. The Morgan fingerprint density at radius 3 is 2.67 bits per heavy atom. The molecular formula is C13H14ClN3O. The molecule has 2 aromatic rings. The van der Waals surface area contributed by atoms with Crippen LogP contribution in [0.3, 0.4) is 0 Å². The molecule has 0 aliphatic heterocycles. The maximum absolute atomic E-state index is 5.87. The molecule has 1 aromatic heterocycles. The van der Waals surface area contributed by atoms with Crippen molar-refractivity contribution in [2.45, 2.75) is 6.42 Å². The topological polar surface area (TPSA) is 39.4 Å². The lowest BCUT2D eigenvalue weighted by Gasteiger charge is -2.06. The van der Waals surface area contributed by atoms with Crippen LogP contribution in [0.25, 0.3) is 0 Å². The van der Waals surface area contributed by atoms with Crippen LogP contribution in [-0.2, 0) is 18.3 Å². The van der Waals surface area contributed by atoms with E-state index in [4.69, 9.17) is 16.4 Å². The number of halogens is 1. The van der Waals surface area contributed by atoms with Crippen molar-refractivity contribution in [3.63, 3.8) is 0 Å². The fraction of sp³-hybridized carbons (Fsp3) is 0.231. The first-order chi connectivity index (χ1) is 8.70. The van der Waals surface area contributed by atoms with Crippen LogP contribution in [-0.4, -0.2) is 22.4 Å². The number of rotatable bonds is 4. The lowest BCUT2D eigenvalue weighted by Crippen LogP contribution is -2.10. The fourth-order valence-corrected chi connectivity index (χ4v) is 1.84. The van der Waals surface area contributed by atoms with Gasteiger partial charge in [-0.1, -0.05) is 28.9 Å². The highest BCUT2D eigenvalue weighted by molar-refractivity contribution is 6.30. The van der Waals surface area contributed by atoms with Gasteiger partial charge in [0.2, 0.25) is 0 Å². The Hall–Kier alpha value is -1.81. The fourth-order valence-electron chi connectivity index (χ4n) is 1.71. The number of hydrogen-bond acceptors (Lipinski definition) is 3. The first-order valence-electron chi connectivity index (χ1n) is 5.52.